The van der Waals surface area contributed by atoms with Gasteiger partial charge in [-0.1, -0.05) is 12.1 Å². The van der Waals surface area contributed by atoms with Gasteiger partial charge in [0.1, 0.15) is 5.60 Å². The normalized spacial score (nSPS) is 14.0. The Bertz CT molecular complexity index is 578. The Morgan fingerprint density at radius 3 is 2.77 bits per heavy atom. The van der Waals surface area contributed by atoms with Crippen LogP contribution in [-0.2, 0) is 17.9 Å². The monoisotopic (exact) mass is 306 g/mol. The Morgan fingerprint density at radius 1 is 1.41 bits per heavy atom. The Labute approximate surface area is 130 Å². The smallest absolute Gasteiger partial charge is 0.407 e. The zero-order valence-electron chi connectivity index (χ0n) is 13.2. The molecule has 6 nitrogen and oxygen atoms in total. The molecule has 2 N–H and O–H groups in total. The zero-order chi connectivity index (χ0) is 16.3. The van der Waals surface area contributed by atoms with E-state index in [2.05, 4.69) is 5.32 Å². The molecule has 1 aromatic carbocycles. The first-order valence-corrected chi connectivity index (χ1v) is 7.29. The lowest BCUT2D eigenvalue weighted by molar-refractivity contribution is 0.0515. The minimum atomic E-state index is -0.537. The van der Waals surface area contributed by atoms with Crippen molar-refractivity contribution in [3.05, 3.63) is 34.9 Å². The molecule has 0 radical (unpaired) electrons. The van der Waals surface area contributed by atoms with Crippen molar-refractivity contribution in [2.24, 2.45) is 0 Å². The van der Waals surface area contributed by atoms with Gasteiger partial charge >= 0.3 is 6.09 Å². The summed E-state index contributed by atoms with van der Waals surface area (Å²) in [6.07, 6.45) is -0.487. The van der Waals surface area contributed by atoms with Gasteiger partial charge in [0.05, 0.1) is 6.61 Å². The summed E-state index contributed by atoms with van der Waals surface area (Å²) in [5.74, 6) is -0.0729. The minimum Gasteiger partial charge on any atom is -0.444 e. The fourth-order valence-electron chi connectivity index (χ4n) is 2.29. The number of aliphatic hydroxyl groups excluding tert-OH is 1. The van der Waals surface area contributed by atoms with E-state index in [0.29, 0.717) is 25.2 Å². The van der Waals surface area contributed by atoms with Gasteiger partial charge in [-0.2, -0.15) is 0 Å². The van der Waals surface area contributed by atoms with Crippen LogP contribution in [0, 0.1) is 0 Å². The van der Waals surface area contributed by atoms with Gasteiger partial charge in [-0.3, -0.25) is 4.79 Å². The highest BCUT2D eigenvalue weighted by Crippen LogP contribution is 2.23. The maximum Gasteiger partial charge on any atom is 0.407 e. The lowest BCUT2D eigenvalue weighted by atomic mass is 10.1. The van der Waals surface area contributed by atoms with E-state index in [1.54, 1.807) is 31.7 Å². The highest BCUT2D eigenvalue weighted by molar-refractivity contribution is 5.98. The Kier molecular flexibility index (Phi) is 4.71. The van der Waals surface area contributed by atoms with Crippen molar-refractivity contribution in [1.29, 1.82) is 0 Å². The molecule has 0 aromatic heterocycles. The Morgan fingerprint density at radius 2 is 2.14 bits per heavy atom. The molecule has 1 heterocycles. The number of carbonyl (C=O) groups excluding carboxylic acids is 2. The molecule has 22 heavy (non-hydrogen) atoms. The summed E-state index contributed by atoms with van der Waals surface area (Å²) in [6, 6.07) is 5.40. The van der Waals surface area contributed by atoms with Gasteiger partial charge in [0.25, 0.3) is 5.91 Å². The van der Waals surface area contributed by atoms with E-state index in [0.717, 1.165) is 11.1 Å². The number of amides is 2. The molecule has 0 atom stereocenters. The summed E-state index contributed by atoms with van der Waals surface area (Å²) in [6.45, 7) is 6.59. The Hall–Kier alpha value is -2.08. The number of nitrogens with zero attached hydrogens (tertiary/aromatic N) is 1. The van der Waals surface area contributed by atoms with Crippen molar-refractivity contribution in [2.75, 3.05) is 13.1 Å². The third-order valence-corrected chi connectivity index (χ3v) is 3.29. The topological polar surface area (TPSA) is 78.9 Å². The molecule has 0 bridgehead atoms. The molecule has 2 rings (SSSR count). The molecule has 1 aliphatic heterocycles. The van der Waals surface area contributed by atoms with Crippen molar-refractivity contribution in [3.63, 3.8) is 0 Å². The SMILES string of the molecule is CC(C)(C)OC(=O)NCCN1Cc2ccc(CO)cc2C1=O. The van der Waals surface area contributed by atoms with Crippen LogP contribution in [0.2, 0.25) is 0 Å². The van der Waals surface area contributed by atoms with Gasteiger partial charge in [0.2, 0.25) is 0 Å². The fraction of sp³-hybridized carbons (Fsp3) is 0.500. The largest absolute Gasteiger partial charge is 0.444 e. The van der Waals surface area contributed by atoms with E-state index >= 15 is 0 Å². The van der Waals surface area contributed by atoms with Crippen LogP contribution in [0.1, 0.15) is 42.3 Å². The maximum absolute atomic E-state index is 12.3. The minimum absolute atomic E-state index is 0.0729. The molecule has 2 amide bonds. The van der Waals surface area contributed by atoms with Crippen LogP contribution in [-0.4, -0.2) is 40.7 Å². The summed E-state index contributed by atoms with van der Waals surface area (Å²) in [7, 11) is 0. The molecule has 1 aromatic rings. The molecule has 0 saturated heterocycles. The van der Waals surface area contributed by atoms with Gasteiger partial charge in [0.15, 0.2) is 0 Å². The predicted molar refractivity (Wildman–Crippen MR) is 81.3 cm³/mol. The first-order chi connectivity index (χ1) is 10.3. The summed E-state index contributed by atoms with van der Waals surface area (Å²) in [5.41, 5.74) is 1.76. The molecular weight excluding hydrogens is 284 g/mol. The number of fused-ring (bicyclic) bond motifs is 1. The van der Waals surface area contributed by atoms with Gasteiger partial charge in [-0.25, -0.2) is 4.79 Å². The molecule has 0 aliphatic carbocycles. The van der Waals surface area contributed by atoms with E-state index in [1.165, 1.54) is 0 Å². The molecule has 120 valence electrons. The van der Waals surface area contributed by atoms with Gasteiger partial charge in [0, 0.05) is 25.2 Å². The predicted octanol–water partition coefficient (Wildman–Crippen LogP) is 1.66. The highest BCUT2D eigenvalue weighted by Gasteiger charge is 2.27. The molecular formula is C16H22N2O4. The van der Waals surface area contributed by atoms with E-state index in [1.807, 2.05) is 12.1 Å². The van der Waals surface area contributed by atoms with Crippen LogP contribution in [0.4, 0.5) is 4.79 Å². The summed E-state index contributed by atoms with van der Waals surface area (Å²) < 4.78 is 5.14. The second-order valence-electron chi connectivity index (χ2n) is 6.30. The lowest BCUT2D eigenvalue weighted by Gasteiger charge is -2.21. The van der Waals surface area contributed by atoms with Crippen LogP contribution in [0.25, 0.3) is 0 Å². The number of carbonyl (C=O) groups is 2. The van der Waals surface area contributed by atoms with Crippen LogP contribution in [0.5, 0.6) is 0 Å². The number of hydrogen-bond acceptors (Lipinski definition) is 4. The number of rotatable bonds is 4. The second kappa shape index (κ2) is 6.36. The first-order valence-electron chi connectivity index (χ1n) is 7.29. The number of alkyl carbamates (subject to hydrolysis) is 1. The van der Waals surface area contributed by atoms with E-state index in [4.69, 9.17) is 9.84 Å². The van der Waals surface area contributed by atoms with E-state index in [9.17, 15) is 9.59 Å². The molecule has 0 saturated carbocycles. The van der Waals surface area contributed by atoms with Crippen LogP contribution in [0.3, 0.4) is 0 Å². The lowest BCUT2D eigenvalue weighted by Crippen LogP contribution is -2.38. The number of aliphatic hydroxyl groups is 1. The number of nitrogens with one attached hydrogen (secondary N) is 1. The average molecular weight is 306 g/mol. The molecule has 0 spiro atoms. The standard InChI is InChI=1S/C16H22N2O4/c1-16(2,3)22-15(21)17-6-7-18-9-12-5-4-11(10-19)8-13(12)14(18)20/h4-5,8,19H,6-7,9-10H2,1-3H3,(H,17,21). The van der Waals surface area contributed by atoms with Crippen LogP contribution >= 0.6 is 0 Å². The van der Waals surface area contributed by atoms with Gasteiger partial charge in [-0.05, 0) is 38.0 Å². The highest BCUT2D eigenvalue weighted by atomic mass is 16.6. The fourth-order valence-corrected chi connectivity index (χ4v) is 2.29. The zero-order valence-corrected chi connectivity index (χ0v) is 13.2. The third kappa shape index (κ3) is 3.98. The van der Waals surface area contributed by atoms with Gasteiger partial charge in [-0.15, -0.1) is 0 Å². The van der Waals surface area contributed by atoms with E-state index < -0.39 is 11.7 Å². The summed E-state index contributed by atoms with van der Waals surface area (Å²) in [4.78, 5) is 25.5. The van der Waals surface area contributed by atoms with Gasteiger partial charge < -0.3 is 20.1 Å². The number of hydrogen-bond donors (Lipinski definition) is 2. The number of benzene rings is 1. The van der Waals surface area contributed by atoms with Crippen molar-refractivity contribution in [2.45, 2.75) is 39.5 Å². The van der Waals surface area contributed by atoms with Crippen molar-refractivity contribution < 1.29 is 19.4 Å². The quantitative estimate of drug-likeness (QED) is 0.886. The molecule has 0 fully saturated rings. The van der Waals surface area contributed by atoms with Crippen molar-refractivity contribution in [3.8, 4) is 0 Å². The van der Waals surface area contributed by atoms with E-state index in [-0.39, 0.29) is 12.5 Å². The number of ether oxygens (including phenoxy) is 1. The maximum atomic E-state index is 12.3. The molecule has 0 unspecified atom stereocenters. The van der Waals surface area contributed by atoms with Crippen molar-refractivity contribution in [1.82, 2.24) is 10.2 Å². The summed E-state index contributed by atoms with van der Waals surface area (Å²) in [5, 5.41) is 11.8. The molecule has 6 heteroatoms. The average Bonchev–Trinajstić information content (AvgIpc) is 2.73. The van der Waals surface area contributed by atoms with Crippen molar-refractivity contribution >= 4 is 12.0 Å². The third-order valence-electron chi connectivity index (χ3n) is 3.29. The van der Waals surface area contributed by atoms with Crippen LogP contribution < -0.4 is 5.32 Å². The summed E-state index contributed by atoms with van der Waals surface area (Å²) >= 11 is 0. The second-order valence-corrected chi connectivity index (χ2v) is 6.30. The molecule has 1 aliphatic rings. The van der Waals surface area contributed by atoms with Crippen LogP contribution in [0.15, 0.2) is 18.2 Å². The first kappa shape index (κ1) is 16.3. The Balaban J connectivity index is 1.86.